The van der Waals surface area contributed by atoms with Crippen LogP contribution in [0.3, 0.4) is 0 Å². The zero-order valence-electron chi connectivity index (χ0n) is 13.1. The third-order valence-electron chi connectivity index (χ3n) is 4.14. The van der Waals surface area contributed by atoms with Crippen molar-refractivity contribution in [1.82, 2.24) is 20.2 Å². The summed E-state index contributed by atoms with van der Waals surface area (Å²) in [6.45, 7) is 0.116. The van der Waals surface area contributed by atoms with Gasteiger partial charge in [-0.1, -0.05) is 23.2 Å². The van der Waals surface area contributed by atoms with Crippen molar-refractivity contribution in [2.24, 2.45) is 5.92 Å². The number of carbonyl (C=O) groups is 3. The van der Waals surface area contributed by atoms with Gasteiger partial charge in [-0.15, -0.1) is 10.2 Å². The number of carbonyl (C=O) groups excluding carboxylic acids is 3. The van der Waals surface area contributed by atoms with Crippen molar-refractivity contribution in [3.8, 4) is 0 Å². The third-order valence-corrected chi connectivity index (χ3v) is 4.93. The van der Waals surface area contributed by atoms with Crippen molar-refractivity contribution in [2.45, 2.75) is 32.2 Å². The van der Waals surface area contributed by atoms with Crippen LogP contribution in [0.1, 0.15) is 41.6 Å². The summed E-state index contributed by atoms with van der Waals surface area (Å²) in [5.74, 6) is -2.55. The highest BCUT2D eigenvalue weighted by Gasteiger charge is 2.36. The maximum absolute atomic E-state index is 12.8. The van der Waals surface area contributed by atoms with E-state index in [9.17, 15) is 14.4 Å². The van der Waals surface area contributed by atoms with Crippen LogP contribution < -0.4 is 0 Å². The Morgan fingerprint density at radius 2 is 1.84 bits per heavy atom. The normalized spacial score (nSPS) is 16.1. The van der Waals surface area contributed by atoms with Gasteiger partial charge in [0, 0.05) is 29.0 Å². The number of tetrazole rings is 1. The van der Waals surface area contributed by atoms with Gasteiger partial charge in [-0.2, -0.15) is 4.80 Å². The Morgan fingerprint density at radius 1 is 1.16 bits per heavy atom. The molecule has 25 heavy (non-hydrogen) atoms. The van der Waals surface area contributed by atoms with Crippen molar-refractivity contribution >= 4 is 40.6 Å². The maximum Gasteiger partial charge on any atom is 0.182 e. The Balaban J connectivity index is 1.97. The molecular formula is C16H14Cl2N4O3. The molecule has 1 aliphatic carbocycles. The van der Waals surface area contributed by atoms with Crippen LogP contribution in [-0.4, -0.2) is 37.6 Å². The molecule has 2 aromatic rings. The van der Waals surface area contributed by atoms with Crippen molar-refractivity contribution < 1.29 is 14.4 Å². The molecule has 1 aliphatic rings. The smallest absolute Gasteiger partial charge is 0.182 e. The molecule has 7 nitrogen and oxygen atoms in total. The van der Waals surface area contributed by atoms with Gasteiger partial charge in [0.25, 0.3) is 0 Å². The van der Waals surface area contributed by atoms with Gasteiger partial charge in [-0.25, -0.2) is 0 Å². The third kappa shape index (κ3) is 3.62. The Kier molecular flexibility index (Phi) is 5.24. The second-order valence-corrected chi connectivity index (χ2v) is 6.58. The van der Waals surface area contributed by atoms with E-state index in [1.165, 1.54) is 23.3 Å². The fraction of sp³-hybridized carbons (Fsp3) is 0.375. The van der Waals surface area contributed by atoms with Crippen molar-refractivity contribution in [1.29, 1.82) is 0 Å². The lowest BCUT2D eigenvalue weighted by molar-refractivity contribution is -0.129. The largest absolute Gasteiger partial charge is 0.298 e. The van der Waals surface area contributed by atoms with E-state index in [1.807, 2.05) is 0 Å². The molecule has 1 aromatic heterocycles. The summed E-state index contributed by atoms with van der Waals surface area (Å²) >= 11 is 12.5. The highest BCUT2D eigenvalue weighted by molar-refractivity contribution is 6.39. The Morgan fingerprint density at radius 3 is 2.44 bits per heavy atom. The van der Waals surface area contributed by atoms with Gasteiger partial charge < -0.3 is 0 Å². The molecule has 1 fully saturated rings. The Labute approximate surface area is 153 Å². The zero-order valence-corrected chi connectivity index (χ0v) is 14.6. The minimum absolute atomic E-state index is 0.0969. The Hall–Kier alpha value is -2.12. The second-order valence-electron chi connectivity index (χ2n) is 5.79. The molecular weight excluding hydrogens is 367 g/mol. The predicted octanol–water partition coefficient (Wildman–Crippen LogP) is 2.54. The van der Waals surface area contributed by atoms with Gasteiger partial charge in [0.15, 0.2) is 23.7 Å². The van der Waals surface area contributed by atoms with E-state index < -0.39 is 11.7 Å². The van der Waals surface area contributed by atoms with E-state index in [0.29, 0.717) is 23.4 Å². The lowest BCUT2D eigenvalue weighted by atomic mass is 9.88. The topological polar surface area (TPSA) is 94.8 Å². The number of rotatable bonds is 4. The number of ketones is 3. The van der Waals surface area contributed by atoms with Gasteiger partial charge in [-0.05, 0) is 30.2 Å². The first-order valence-corrected chi connectivity index (χ1v) is 8.52. The summed E-state index contributed by atoms with van der Waals surface area (Å²) < 4.78 is 0. The molecule has 0 bridgehead atoms. The lowest BCUT2D eigenvalue weighted by Crippen LogP contribution is -2.30. The maximum atomic E-state index is 12.8. The van der Waals surface area contributed by atoms with E-state index in [0.717, 1.165) is 0 Å². The van der Waals surface area contributed by atoms with E-state index in [2.05, 4.69) is 15.4 Å². The van der Waals surface area contributed by atoms with Crippen LogP contribution in [0.2, 0.25) is 10.0 Å². The molecule has 0 atom stereocenters. The fourth-order valence-electron chi connectivity index (χ4n) is 2.85. The average Bonchev–Trinajstić information content (AvgIpc) is 3.02. The van der Waals surface area contributed by atoms with Crippen LogP contribution in [0.5, 0.6) is 0 Å². The number of benzene rings is 1. The summed E-state index contributed by atoms with van der Waals surface area (Å²) in [5.41, 5.74) is 0.537. The van der Waals surface area contributed by atoms with Crippen LogP contribution >= 0.6 is 23.2 Å². The molecule has 1 heterocycles. The molecule has 0 aliphatic heterocycles. The molecule has 0 radical (unpaired) electrons. The van der Waals surface area contributed by atoms with Gasteiger partial charge in [0.2, 0.25) is 0 Å². The van der Waals surface area contributed by atoms with Crippen molar-refractivity contribution in [2.75, 3.05) is 0 Å². The molecule has 1 aromatic carbocycles. The minimum atomic E-state index is -1.28. The number of aromatic nitrogens is 4. The molecule has 0 unspecified atom stereocenters. The minimum Gasteiger partial charge on any atom is -0.298 e. The van der Waals surface area contributed by atoms with Crippen LogP contribution in [0.25, 0.3) is 0 Å². The number of hydrogen-bond acceptors (Lipinski definition) is 6. The predicted molar refractivity (Wildman–Crippen MR) is 89.7 cm³/mol. The molecule has 0 saturated heterocycles. The highest BCUT2D eigenvalue weighted by Crippen LogP contribution is 2.31. The highest BCUT2D eigenvalue weighted by atomic mass is 35.5. The zero-order chi connectivity index (χ0) is 18.0. The van der Waals surface area contributed by atoms with E-state index in [-0.39, 0.29) is 41.5 Å². The first-order valence-electron chi connectivity index (χ1n) is 7.76. The molecule has 9 heteroatoms. The van der Waals surface area contributed by atoms with Crippen LogP contribution in [0.15, 0.2) is 18.5 Å². The second kappa shape index (κ2) is 7.41. The number of halogens is 2. The first-order chi connectivity index (χ1) is 12.0. The number of nitrogens with zero attached hydrogens (tertiary/aromatic N) is 4. The van der Waals surface area contributed by atoms with Crippen LogP contribution in [0, 0.1) is 5.92 Å². The SMILES string of the molecule is O=C1CCCCC(=O)C1C(=O)c1ccc(Cl)c(Cn2ncnn2)c1Cl. The fourth-order valence-corrected chi connectivity index (χ4v) is 3.43. The van der Waals surface area contributed by atoms with Gasteiger partial charge in [0.05, 0.1) is 11.6 Å². The van der Waals surface area contributed by atoms with Gasteiger partial charge in [0.1, 0.15) is 5.92 Å². The quantitative estimate of drug-likeness (QED) is 0.459. The van der Waals surface area contributed by atoms with Gasteiger partial charge in [-0.3, -0.25) is 14.4 Å². The molecule has 0 N–H and O–H groups in total. The van der Waals surface area contributed by atoms with Crippen LogP contribution in [0.4, 0.5) is 0 Å². The van der Waals surface area contributed by atoms with E-state index >= 15 is 0 Å². The van der Waals surface area contributed by atoms with Crippen molar-refractivity contribution in [3.05, 3.63) is 39.6 Å². The summed E-state index contributed by atoms with van der Waals surface area (Å²) in [6.07, 6.45) is 2.95. The van der Waals surface area contributed by atoms with Gasteiger partial charge >= 0.3 is 0 Å². The summed E-state index contributed by atoms with van der Waals surface area (Å²) in [4.78, 5) is 38.5. The summed E-state index contributed by atoms with van der Waals surface area (Å²) in [5, 5.41) is 11.6. The molecule has 130 valence electrons. The van der Waals surface area contributed by atoms with E-state index in [4.69, 9.17) is 23.2 Å². The average molecular weight is 381 g/mol. The molecule has 1 saturated carbocycles. The molecule has 3 rings (SSSR count). The first kappa shape index (κ1) is 17.7. The molecule has 0 amide bonds. The van der Waals surface area contributed by atoms with Crippen LogP contribution in [-0.2, 0) is 16.1 Å². The summed E-state index contributed by atoms with van der Waals surface area (Å²) in [6, 6.07) is 2.95. The molecule has 0 spiro atoms. The lowest BCUT2D eigenvalue weighted by Gasteiger charge is -2.14. The standard InChI is InChI=1S/C16H14Cl2N4O3/c17-11-6-5-9(15(18)10(11)7-22-20-8-19-21-22)16(25)14-12(23)3-1-2-4-13(14)24/h5-6,8,14H,1-4,7H2. The summed E-state index contributed by atoms with van der Waals surface area (Å²) in [7, 11) is 0. The number of Topliss-reactive ketones (excluding diaryl/α,β-unsaturated/α-hetero) is 3. The van der Waals surface area contributed by atoms with E-state index in [1.54, 1.807) is 0 Å². The van der Waals surface area contributed by atoms with Crippen molar-refractivity contribution in [3.63, 3.8) is 0 Å². The monoisotopic (exact) mass is 380 g/mol. The number of hydrogen-bond donors (Lipinski definition) is 0. The Bertz CT molecular complexity index is 818.